The SMILES string of the molecule is CC(C)Nc1ncccc1C(=O)NC(C)C1CC2CCC1C2. The molecule has 2 saturated carbocycles. The topological polar surface area (TPSA) is 54.0 Å². The number of hydrogen-bond acceptors (Lipinski definition) is 3. The monoisotopic (exact) mass is 301 g/mol. The van der Waals surface area contributed by atoms with Crippen LogP contribution in [0.1, 0.15) is 56.8 Å². The van der Waals surface area contributed by atoms with Gasteiger partial charge in [0.25, 0.3) is 5.91 Å². The lowest BCUT2D eigenvalue weighted by atomic mass is 9.84. The lowest BCUT2D eigenvalue weighted by Gasteiger charge is -2.28. The molecule has 0 radical (unpaired) electrons. The molecule has 1 amide bonds. The first-order valence-electron chi connectivity index (χ1n) is 8.57. The highest BCUT2D eigenvalue weighted by Crippen LogP contribution is 2.49. The third kappa shape index (κ3) is 3.11. The number of anilines is 1. The van der Waals surface area contributed by atoms with Crippen LogP contribution in [0.3, 0.4) is 0 Å². The fraction of sp³-hybridized carbons (Fsp3) is 0.667. The van der Waals surface area contributed by atoms with Crippen molar-refractivity contribution in [2.45, 2.75) is 58.5 Å². The highest BCUT2D eigenvalue weighted by atomic mass is 16.1. The van der Waals surface area contributed by atoms with Crippen LogP contribution in [0.2, 0.25) is 0 Å². The maximum Gasteiger partial charge on any atom is 0.255 e. The Kier molecular flexibility index (Phi) is 4.37. The first kappa shape index (κ1) is 15.3. The molecule has 2 aliphatic carbocycles. The van der Waals surface area contributed by atoms with Crippen molar-refractivity contribution in [1.82, 2.24) is 10.3 Å². The number of hydrogen-bond donors (Lipinski definition) is 2. The third-order valence-electron chi connectivity index (χ3n) is 5.27. The molecule has 3 rings (SSSR count). The molecular formula is C18H27N3O. The van der Waals surface area contributed by atoms with Gasteiger partial charge in [0.2, 0.25) is 0 Å². The van der Waals surface area contributed by atoms with Crippen LogP contribution in [-0.4, -0.2) is 23.0 Å². The first-order valence-corrected chi connectivity index (χ1v) is 8.57. The summed E-state index contributed by atoms with van der Waals surface area (Å²) in [5.74, 6) is 3.05. The van der Waals surface area contributed by atoms with Crippen molar-refractivity contribution in [3.63, 3.8) is 0 Å². The van der Waals surface area contributed by atoms with E-state index in [2.05, 4.69) is 22.5 Å². The van der Waals surface area contributed by atoms with E-state index in [0.29, 0.717) is 17.3 Å². The van der Waals surface area contributed by atoms with Gasteiger partial charge in [-0.15, -0.1) is 0 Å². The van der Waals surface area contributed by atoms with Gasteiger partial charge in [0.15, 0.2) is 0 Å². The van der Waals surface area contributed by atoms with E-state index < -0.39 is 0 Å². The molecule has 1 aromatic heterocycles. The zero-order valence-electron chi connectivity index (χ0n) is 13.8. The van der Waals surface area contributed by atoms with E-state index in [0.717, 1.165) is 11.8 Å². The van der Waals surface area contributed by atoms with Gasteiger partial charge in [-0.05, 0) is 69.9 Å². The van der Waals surface area contributed by atoms with Crippen LogP contribution < -0.4 is 10.6 Å². The molecule has 2 N–H and O–H groups in total. The number of carbonyl (C=O) groups is 1. The molecule has 1 heterocycles. The van der Waals surface area contributed by atoms with E-state index in [9.17, 15) is 4.79 Å². The summed E-state index contributed by atoms with van der Waals surface area (Å²) in [6.45, 7) is 6.26. The van der Waals surface area contributed by atoms with Crippen molar-refractivity contribution < 1.29 is 4.79 Å². The molecule has 0 aromatic carbocycles. The quantitative estimate of drug-likeness (QED) is 0.875. The molecule has 22 heavy (non-hydrogen) atoms. The zero-order chi connectivity index (χ0) is 15.7. The molecule has 2 bridgehead atoms. The van der Waals surface area contributed by atoms with Gasteiger partial charge in [-0.1, -0.05) is 6.42 Å². The molecule has 0 saturated heterocycles. The standard InChI is InChI=1S/C18H27N3O/c1-11(2)20-17-15(5-4-8-19-17)18(22)21-12(3)16-10-13-6-7-14(16)9-13/h4-5,8,11-14,16H,6-7,9-10H2,1-3H3,(H,19,20)(H,21,22). The van der Waals surface area contributed by atoms with Crippen LogP contribution in [0.4, 0.5) is 5.82 Å². The minimum atomic E-state index is -0.00785. The Balaban J connectivity index is 1.67. The second-order valence-corrected chi connectivity index (χ2v) is 7.30. The molecule has 120 valence electrons. The molecule has 4 heteroatoms. The molecule has 2 aliphatic rings. The fourth-order valence-corrected chi connectivity index (χ4v) is 4.27. The van der Waals surface area contributed by atoms with Crippen molar-refractivity contribution >= 4 is 11.7 Å². The van der Waals surface area contributed by atoms with Crippen molar-refractivity contribution in [2.24, 2.45) is 17.8 Å². The number of carbonyl (C=O) groups excluding carboxylic acids is 1. The number of nitrogens with zero attached hydrogens (tertiary/aromatic N) is 1. The van der Waals surface area contributed by atoms with Gasteiger partial charge in [0, 0.05) is 18.3 Å². The smallest absolute Gasteiger partial charge is 0.255 e. The fourth-order valence-electron chi connectivity index (χ4n) is 4.27. The Morgan fingerprint density at radius 1 is 1.27 bits per heavy atom. The largest absolute Gasteiger partial charge is 0.367 e. The van der Waals surface area contributed by atoms with Crippen LogP contribution in [0.15, 0.2) is 18.3 Å². The Morgan fingerprint density at radius 2 is 2.09 bits per heavy atom. The highest BCUT2D eigenvalue weighted by molar-refractivity contribution is 5.98. The predicted octanol–water partition coefficient (Wildman–Crippen LogP) is 3.46. The Morgan fingerprint density at radius 3 is 2.73 bits per heavy atom. The molecule has 1 aromatic rings. The molecule has 0 aliphatic heterocycles. The summed E-state index contributed by atoms with van der Waals surface area (Å²) >= 11 is 0. The van der Waals surface area contributed by atoms with Gasteiger partial charge in [0.05, 0.1) is 5.56 Å². The van der Waals surface area contributed by atoms with E-state index in [1.807, 2.05) is 26.0 Å². The summed E-state index contributed by atoms with van der Waals surface area (Å²) < 4.78 is 0. The number of amides is 1. The Labute approximate surface area is 133 Å². The number of pyridine rings is 1. The first-order chi connectivity index (χ1) is 10.5. The number of aromatic nitrogens is 1. The maximum atomic E-state index is 12.6. The normalized spacial score (nSPS) is 27.9. The molecule has 4 nitrogen and oxygen atoms in total. The van der Waals surface area contributed by atoms with Crippen LogP contribution in [-0.2, 0) is 0 Å². The van der Waals surface area contributed by atoms with Crippen molar-refractivity contribution in [2.75, 3.05) is 5.32 Å². The molecule has 4 atom stereocenters. The van der Waals surface area contributed by atoms with Gasteiger partial charge in [-0.2, -0.15) is 0 Å². The van der Waals surface area contributed by atoms with Crippen LogP contribution in [0.25, 0.3) is 0 Å². The van der Waals surface area contributed by atoms with Crippen molar-refractivity contribution in [1.29, 1.82) is 0 Å². The Hall–Kier alpha value is -1.58. The van der Waals surface area contributed by atoms with Crippen LogP contribution in [0, 0.1) is 17.8 Å². The van der Waals surface area contributed by atoms with E-state index in [-0.39, 0.29) is 18.0 Å². The summed E-state index contributed by atoms with van der Waals surface area (Å²) in [6, 6.07) is 4.17. The van der Waals surface area contributed by atoms with Gasteiger partial charge in [-0.3, -0.25) is 4.79 Å². The summed E-state index contributed by atoms with van der Waals surface area (Å²) in [7, 11) is 0. The average molecular weight is 301 g/mol. The van der Waals surface area contributed by atoms with Gasteiger partial charge < -0.3 is 10.6 Å². The lowest BCUT2D eigenvalue weighted by molar-refractivity contribution is 0.0916. The van der Waals surface area contributed by atoms with Crippen molar-refractivity contribution in [3.8, 4) is 0 Å². The van der Waals surface area contributed by atoms with E-state index >= 15 is 0 Å². The zero-order valence-corrected chi connectivity index (χ0v) is 13.8. The summed E-state index contributed by atoms with van der Waals surface area (Å²) in [6.07, 6.45) is 7.13. The van der Waals surface area contributed by atoms with Gasteiger partial charge in [-0.25, -0.2) is 4.98 Å². The minimum Gasteiger partial charge on any atom is -0.367 e. The summed E-state index contributed by atoms with van der Waals surface area (Å²) in [4.78, 5) is 16.9. The lowest BCUT2D eigenvalue weighted by Crippen LogP contribution is -2.40. The van der Waals surface area contributed by atoms with E-state index in [1.54, 1.807) is 6.20 Å². The molecule has 4 unspecified atom stereocenters. The third-order valence-corrected chi connectivity index (χ3v) is 5.27. The number of rotatable bonds is 5. The highest BCUT2D eigenvalue weighted by Gasteiger charge is 2.42. The minimum absolute atomic E-state index is 0.00785. The average Bonchev–Trinajstić information content (AvgIpc) is 3.09. The predicted molar refractivity (Wildman–Crippen MR) is 88.9 cm³/mol. The van der Waals surface area contributed by atoms with Gasteiger partial charge >= 0.3 is 0 Å². The second kappa shape index (κ2) is 6.27. The summed E-state index contributed by atoms with van der Waals surface area (Å²) in [5, 5.41) is 6.47. The van der Waals surface area contributed by atoms with E-state index in [4.69, 9.17) is 0 Å². The molecular weight excluding hydrogens is 274 g/mol. The number of nitrogens with one attached hydrogen (secondary N) is 2. The van der Waals surface area contributed by atoms with Crippen LogP contribution in [0.5, 0.6) is 0 Å². The number of fused-ring (bicyclic) bond motifs is 2. The molecule has 0 spiro atoms. The maximum absolute atomic E-state index is 12.6. The summed E-state index contributed by atoms with van der Waals surface area (Å²) in [5.41, 5.74) is 0.645. The van der Waals surface area contributed by atoms with Crippen molar-refractivity contribution in [3.05, 3.63) is 23.9 Å². The molecule has 2 fully saturated rings. The Bertz CT molecular complexity index is 543. The van der Waals surface area contributed by atoms with E-state index in [1.165, 1.54) is 25.7 Å². The van der Waals surface area contributed by atoms with Crippen LogP contribution >= 0.6 is 0 Å². The second-order valence-electron chi connectivity index (χ2n) is 7.30. The van der Waals surface area contributed by atoms with Gasteiger partial charge in [0.1, 0.15) is 5.82 Å².